The number of aromatic nitrogens is 1. The van der Waals surface area contributed by atoms with Gasteiger partial charge in [0.15, 0.2) is 9.84 Å². The van der Waals surface area contributed by atoms with E-state index in [2.05, 4.69) is 22.9 Å². The normalized spacial score (nSPS) is 12.9. The second-order valence-electron chi connectivity index (χ2n) is 6.98. The van der Waals surface area contributed by atoms with Gasteiger partial charge in [0.25, 0.3) is 0 Å². The highest BCUT2D eigenvalue weighted by atomic mass is 32.2. The molecule has 0 fully saturated rings. The molecule has 0 atom stereocenters. The summed E-state index contributed by atoms with van der Waals surface area (Å²) < 4.78 is 107. The van der Waals surface area contributed by atoms with Gasteiger partial charge in [0.1, 0.15) is 5.69 Å². The Morgan fingerprint density at radius 1 is 1.14 bits per heavy atom. The SMILES string of the molecule is C=C/C(=C(C)\C=C(/C)C(F)(F)F)N(C)C(=C)c1ncc(C(F)(F)F)cc1S(=O)(=O)CC.CC.COC. The summed E-state index contributed by atoms with van der Waals surface area (Å²) in [6, 6.07) is 0.470. The molecule has 1 rings (SSSR count). The molecule has 0 aliphatic rings. The first-order chi connectivity index (χ1) is 16.4. The molecular formula is C24H34F6N2O3S. The fourth-order valence-corrected chi connectivity index (χ4v) is 3.64. The summed E-state index contributed by atoms with van der Waals surface area (Å²) in [7, 11) is 0.479. The maximum absolute atomic E-state index is 13.1. The minimum atomic E-state index is -4.82. The van der Waals surface area contributed by atoms with Crippen LogP contribution in [0.1, 0.15) is 45.9 Å². The molecular weight excluding hydrogens is 510 g/mol. The Morgan fingerprint density at radius 2 is 1.61 bits per heavy atom. The number of hydrogen-bond acceptors (Lipinski definition) is 5. The second-order valence-corrected chi connectivity index (χ2v) is 9.23. The van der Waals surface area contributed by atoms with E-state index in [1.807, 2.05) is 13.8 Å². The third-order valence-corrected chi connectivity index (χ3v) is 6.15. The van der Waals surface area contributed by atoms with E-state index in [1.165, 1.54) is 31.9 Å². The lowest BCUT2D eigenvalue weighted by molar-refractivity contribution is -0.138. The first kappa shape index (κ1) is 35.6. The van der Waals surface area contributed by atoms with Crippen LogP contribution in [0.4, 0.5) is 26.3 Å². The van der Waals surface area contributed by atoms with E-state index in [0.29, 0.717) is 12.3 Å². The average Bonchev–Trinajstić information content (AvgIpc) is 2.79. The quantitative estimate of drug-likeness (QED) is 0.272. The molecule has 0 unspecified atom stereocenters. The fourth-order valence-electron chi connectivity index (χ4n) is 2.56. The maximum Gasteiger partial charge on any atom is 0.417 e. The van der Waals surface area contributed by atoms with Gasteiger partial charge >= 0.3 is 12.4 Å². The molecule has 12 heteroatoms. The zero-order valence-electron chi connectivity index (χ0n) is 21.7. The molecule has 0 N–H and O–H groups in total. The van der Waals surface area contributed by atoms with Crippen molar-refractivity contribution < 1.29 is 39.5 Å². The summed E-state index contributed by atoms with van der Waals surface area (Å²) in [5.41, 5.74) is -2.35. The van der Waals surface area contributed by atoms with Gasteiger partial charge < -0.3 is 9.64 Å². The van der Waals surface area contributed by atoms with Crippen LogP contribution in [0.2, 0.25) is 0 Å². The topological polar surface area (TPSA) is 59.5 Å². The van der Waals surface area contributed by atoms with Gasteiger partial charge in [-0.25, -0.2) is 8.42 Å². The van der Waals surface area contributed by atoms with Gasteiger partial charge in [-0.2, -0.15) is 26.3 Å². The lowest BCUT2D eigenvalue weighted by Gasteiger charge is -2.25. The standard InChI is InChI=1S/C20H22F6N2O2S.C2H6O.C2H6/c1-7-16(12(3)9-13(4)19(21,22)23)28(6)14(5)18-17(31(29,30)8-2)10-15(11-27-18)20(24,25)26;1-3-2;1-2/h7,9-11H,1,5,8H2,2-4,6H3;1-2H3;1-2H3/b13-9+,16-12+;;. The third-order valence-electron chi connectivity index (χ3n) is 4.41. The van der Waals surface area contributed by atoms with Crippen LogP contribution in [-0.2, 0) is 20.8 Å². The number of rotatable bonds is 7. The zero-order valence-corrected chi connectivity index (χ0v) is 22.5. The smallest absolute Gasteiger partial charge is 0.388 e. The van der Waals surface area contributed by atoms with E-state index in [1.54, 1.807) is 14.2 Å². The van der Waals surface area contributed by atoms with E-state index in [-0.39, 0.29) is 22.7 Å². The Labute approximate surface area is 209 Å². The Kier molecular flexibility index (Phi) is 14.7. The number of alkyl halides is 6. The monoisotopic (exact) mass is 544 g/mol. The van der Waals surface area contributed by atoms with Gasteiger partial charge in [-0.15, -0.1) is 0 Å². The Morgan fingerprint density at radius 3 is 1.97 bits per heavy atom. The molecule has 0 spiro atoms. The summed E-state index contributed by atoms with van der Waals surface area (Å²) in [5, 5.41) is 0. The van der Waals surface area contributed by atoms with E-state index in [4.69, 9.17) is 0 Å². The Bertz CT molecular complexity index is 1060. The van der Waals surface area contributed by atoms with Crippen molar-refractivity contribution in [3.63, 3.8) is 0 Å². The van der Waals surface area contributed by atoms with Crippen molar-refractivity contribution in [1.29, 1.82) is 0 Å². The molecule has 0 bridgehead atoms. The first-order valence-electron chi connectivity index (χ1n) is 10.6. The van der Waals surface area contributed by atoms with Gasteiger partial charge in [0.05, 0.1) is 21.9 Å². The van der Waals surface area contributed by atoms with Crippen molar-refractivity contribution in [2.75, 3.05) is 27.0 Å². The average molecular weight is 545 g/mol. The van der Waals surface area contributed by atoms with Crippen LogP contribution in [0.25, 0.3) is 5.70 Å². The number of halogens is 6. The highest BCUT2D eigenvalue weighted by molar-refractivity contribution is 7.91. The highest BCUT2D eigenvalue weighted by Gasteiger charge is 2.34. The minimum absolute atomic E-state index is 0.125. The van der Waals surface area contributed by atoms with Crippen molar-refractivity contribution in [2.45, 2.75) is 51.9 Å². The lowest BCUT2D eigenvalue weighted by Crippen LogP contribution is -2.20. The number of ether oxygens (including phenoxy) is 1. The number of hydrogen-bond donors (Lipinski definition) is 0. The molecule has 5 nitrogen and oxygen atoms in total. The minimum Gasteiger partial charge on any atom is -0.388 e. The predicted molar refractivity (Wildman–Crippen MR) is 131 cm³/mol. The van der Waals surface area contributed by atoms with Gasteiger partial charge in [-0.3, -0.25) is 4.98 Å². The summed E-state index contributed by atoms with van der Waals surface area (Å²) in [5.74, 6) is -0.489. The van der Waals surface area contributed by atoms with Crippen LogP contribution in [0, 0.1) is 0 Å². The number of nitrogens with zero attached hydrogens (tertiary/aromatic N) is 2. The van der Waals surface area contributed by atoms with Crippen LogP contribution in [0.15, 0.2) is 59.3 Å². The lowest BCUT2D eigenvalue weighted by atomic mass is 10.1. The molecule has 0 aliphatic heterocycles. The zero-order chi connectivity index (χ0) is 29.1. The molecule has 0 amide bonds. The van der Waals surface area contributed by atoms with Gasteiger partial charge in [0.2, 0.25) is 0 Å². The number of likely N-dealkylation sites (N-methyl/N-ethyl adjacent to an activating group) is 1. The van der Waals surface area contributed by atoms with Crippen molar-refractivity contribution in [3.05, 3.63) is 65.7 Å². The number of pyridine rings is 1. The molecule has 0 saturated carbocycles. The van der Waals surface area contributed by atoms with Crippen LogP contribution < -0.4 is 0 Å². The van der Waals surface area contributed by atoms with Crippen LogP contribution in [-0.4, -0.2) is 51.5 Å². The summed E-state index contributed by atoms with van der Waals surface area (Å²) >= 11 is 0. The summed E-state index contributed by atoms with van der Waals surface area (Å²) in [4.78, 5) is 4.20. The van der Waals surface area contributed by atoms with Gasteiger partial charge in [-0.1, -0.05) is 33.9 Å². The fraction of sp³-hybridized carbons (Fsp3) is 0.458. The van der Waals surface area contributed by atoms with E-state index >= 15 is 0 Å². The Balaban J connectivity index is 0. The predicted octanol–water partition coefficient (Wildman–Crippen LogP) is 7.05. The molecule has 1 aromatic heterocycles. The highest BCUT2D eigenvalue weighted by Crippen LogP contribution is 2.34. The number of sulfone groups is 1. The van der Waals surface area contributed by atoms with Gasteiger partial charge in [-0.05, 0) is 37.6 Å². The molecule has 206 valence electrons. The molecule has 0 radical (unpaired) electrons. The van der Waals surface area contributed by atoms with Crippen molar-refractivity contribution >= 4 is 15.5 Å². The maximum atomic E-state index is 13.1. The summed E-state index contributed by atoms with van der Waals surface area (Å²) in [6.45, 7) is 14.8. The van der Waals surface area contributed by atoms with E-state index in [0.717, 1.165) is 13.0 Å². The molecule has 36 heavy (non-hydrogen) atoms. The third kappa shape index (κ3) is 10.2. The molecule has 1 heterocycles. The second kappa shape index (κ2) is 14.8. The largest absolute Gasteiger partial charge is 0.417 e. The first-order valence-corrected chi connectivity index (χ1v) is 12.3. The Hall–Kier alpha value is -2.60. The van der Waals surface area contributed by atoms with Crippen molar-refractivity contribution in [3.8, 4) is 0 Å². The summed E-state index contributed by atoms with van der Waals surface area (Å²) in [6.07, 6.45) is -6.82. The molecule has 1 aromatic rings. The molecule has 0 saturated heterocycles. The van der Waals surface area contributed by atoms with E-state index < -0.39 is 44.0 Å². The van der Waals surface area contributed by atoms with Crippen molar-refractivity contribution in [1.82, 2.24) is 9.88 Å². The van der Waals surface area contributed by atoms with Crippen LogP contribution in [0.5, 0.6) is 0 Å². The molecule has 0 aromatic carbocycles. The van der Waals surface area contributed by atoms with Crippen LogP contribution in [0.3, 0.4) is 0 Å². The number of allylic oxidation sites excluding steroid dienone is 4. The number of methoxy groups -OCH3 is 1. The van der Waals surface area contributed by atoms with Crippen molar-refractivity contribution in [2.24, 2.45) is 0 Å². The van der Waals surface area contributed by atoms with E-state index in [9.17, 15) is 34.8 Å². The molecule has 0 aliphatic carbocycles. The van der Waals surface area contributed by atoms with Crippen LogP contribution >= 0.6 is 0 Å². The van der Waals surface area contributed by atoms with Gasteiger partial charge in [0, 0.05) is 38.7 Å².